The van der Waals surface area contributed by atoms with Gasteiger partial charge in [0.25, 0.3) is 0 Å². The van der Waals surface area contributed by atoms with E-state index in [1.807, 2.05) is 25.2 Å². The van der Waals surface area contributed by atoms with Gasteiger partial charge in [-0.05, 0) is 18.2 Å². The predicted molar refractivity (Wildman–Crippen MR) is 67.7 cm³/mol. The number of rotatable bonds is 3. The summed E-state index contributed by atoms with van der Waals surface area (Å²) in [6.07, 6.45) is 0. The van der Waals surface area contributed by atoms with Crippen molar-refractivity contribution in [2.75, 3.05) is 0 Å². The number of aryl methyl sites for hydroxylation is 1. The third-order valence-corrected chi connectivity index (χ3v) is 2.84. The summed E-state index contributed by atoms with van der Waals surface area (Å²) in [5, 5.41) is 4.09. The molecule has 0 fully saturated rings. The molecule has 0 aliphatic heterocycles. The van der Waals surface area contributed by atoms with Crippen LogP contribution < -0.4 is 5.32 Å². The molecule has 2 aromatic rings. The Hall–Kier alpha value is -1.06. The second kappa shape index (κ2) is 4.44. The number of aromatic nitrogens is 2. The summed E-state index contributed by atoms with van der Waals surface area (Å²) in [6.45, 7) is 5.03. The second-order valence-electron chi connectivity index (χ2n) is 4.26. The Morgan fingerprint density at radius 2 is 2.19 bits per heavy atom. The summed E-state index contributed by atoms with van der Waals surface area (Å²) in [5.74, 6) is 1.03. The summed E-state index contributed by atoms with van der Waals surface area (Å²) < 4.78 is 2.10. The van der Waals surface area contributed by atoms with E-state index in [9.17, 15) is 0 Å². The first kappa shape index (κ1) is 11.4. The Kier molecular flexibility index (Phi) is 3.17. The molecular weight excluding hydrogens is 222 g/mol. The van der Waals surface area contributed by atoms with Gasteiger partial charge in [-0.2, -0.15) is 0 Å². The van der Waals surface area contributed by atoms with Crippen LogP contribution in [0.1, 0.15) is 19.7 Å². The van der Waals surface area contributed by atoms with Gasteiger partial charge in [0, 0.05) is 18.1 Å². The lowest BCUT2D eigenvalue weighted by atomic mass is 10.3. The van der Waals surface area contributed by atoms with Crippen molar-refractivity contribution >= 4 is 22.6 Å². The molecule has 0 saturated heterocycles. The molecule has 1 N–H and O–H groups in total. The van der Waals surface area contributed by atoms with E-state index in [-0.39, 0.29) is 0 Å². The van der Waals surface area contributed by atoms with Gasteiger partial charge in [-0.15, -0.1) is 0 Å². The number of fused-ring (bicyclic) bond motifs is 1. The van der Waals surface area contributed by atoms with Gasteiger partial charge in [0.1, 0.15) is 5.82 Å². The van der Waals surface area contributed by atoms with Crippen LogP contribution in [0.25, 0.3) is 11.0 Å². The zero-order valence-electron chi connectivity index (χ0n) is 9.79. The molecular formula is C12H16ClN3. The fourth-order valence-corrected chi connectivity index (χ4v) is 1.84. The van der Waals surface area contributed by atoms with E-state index < -0.39 is 0 Å². The van der Waals surface area contributed by atoms with Crippen LogP contribution in [0, 0.1) is 0 Å². The van der Waals surface area contributed by atoms with Crippen LogP contribution >= 0.6 is 11.6 Å². The molecule has 0 atom stereocenters. The molecule has 16 heavy (non-hydrogen) atoms. The number of hydrogen-bond donors (Lipinski definition) is 1. The maximum Gasteiger partial charge on any atom is 0.123 e. The summed E-state index contributed by atoms with van der Waals surface area (Å²) >= 11 is 5.94. The molecule has 0 radical (unpaired) electrons. The molecule has 1 aromatic heterocycles. The van der Waals surface area contributed by atoms with Crippen molar-refractivity contribution in [3.05, 3.63) is 29.0 Å². The van der Waals surface area contributed by atoms with Crippen LogP contribution in [0.15, 0.2) is 18.2 Å². The van der Waals surface area contributed by atoms with Crippen LogP contribution in [0.2, 0.25) is 5.02 Å². The van der Waals surface area contributed by atoms with Crippen LogP contribution in [0.4, 0.5) is 0 Å². The normalized spacial score (nSPS) is 11.6. The fourth-order valence-electron chi connectivity index (χ4n) is 1.68. The lowest BCUT2D eigenvalue weighted by molar-refractivity contribution is 0.563. The van der Waals surface area contributed by atoms with E-state index in [2.05, 4.69) is 28.7 Å². The van der Waals surface area contributed by atoms with Crippen molar-refractivity contribution < 1.29 is 0 Å². The number of benzene rings is 1. The fraction of sp³-hybridized carbons (Fsp3) is 0.417. The van der Waals surface area contributed by atoms with E-state index in [1.165, 1.54) is 0 Å². The Morgan fingerprint density at radius 1 is 1.44 bits per heavy atom. The number of nitrogens with zero attached hydrogens (tertiary/aromatic N) is 2. The van der Waals surface area contributed by atoms with E-state index in [0.29, 0.717) is 6.04 Å². The van der Waals surface area contributed by atoms with Gasteiger partial charge < -0.3 is 9.88 Å². The minimum atomic E-state index is 0.461. The second-order valence-corrected chi connectivity index (χ2v) is 4.69. The van der Waals surface area contributed by atoms with Gasteiger partial charge in [0.2, 0.25) is 0 Å². The lowest BCUT2D eigenvalue weighted by Crippen LogP contribution is -2.23. The highest BCUT2D eigenvalue weighted by molar-refractivity contribution is 6.31. The van der Waals surface area contributed by atoms with Gasteiger partial charge in [-0.1, -0.05) is 25.4 Å². The molecule has 86 valence electrons. The molecule has 4 heteroatoms. The lowest BCUT2D eigenvalue weighted by Gasteiger charge is -2.07. The van der Waals surface area contributed by atoms with Gasteiger partial charge in [0.05, 0.1) is 17.6 Å². The topological polar surface area (TPSA) is 29.9 Å². The van der Waals surface area contributed by atoms with Crippen LogP contribution in [0.3, 0.4) is 0 Å². The van der Waals surface area contributed by atoms with E-state index in [0.717, 1.165) is 28.4 Å². The quantitative estimate of drug-likeness (QED) is 0.890. The average molecular weight is 238 g/mol. The summed E-state index contributed by atoms with van der Waals surface area (Å²) in [7, 11) is 2.03. The van der Waals surface area contributed by atoms with E-state index in [1.54, 1.807) is 0 Å². The third-order valence-electron chi connectivity index (χ3n) is 2.60. The molecule has 2 rings (SSSR count). The van der Waals surface area contributed by atoms with Crippen molar-refractivity contribution in [2.24, 2.45) is 7.05 Å². The smallest absolute Gasteiger partial charge is 0.123 e. The highest BCUT2D eigenvalue weighted by Gasteiger charge is 2.07. The number of imidazole rings is 1. The largest absolute Gasteiger partial charge is 0.330 e. The SMILES string of the molecule is CC(C)NCc1nc2cc(Cl)ccc2n1C. The summed E-state index contributed by atoms with van der Waals surface area (Å²) in [6, 6.07) is 6.26. The molecule has 0 aliphatic rings. The third kappa shape index (κ3) is 2.20. The van der Waals surface area contributed by atoms with E-state index >= 15 is 0 Å². The first-order chi connectivity index (χ1) is 7.58. The van der Waals surface area contributed by atoms with Crippen LogP contribution in [-0.2, 0) is 13.6 Å². The Balaban J connectivity index is 2.36. The number of nitrogens with one attached hydrogen (secondary N) is 1. The van der Waals surface area contributed by atoms with Crippen molar-refractivity contribution in [1.82, 2.24) is 14.9 Å². The summed E-state index contributed by atoms with van der Waals surface area (Å²) in [4.78, 5) is 4.56. The Labute approximate surface area is 100 Å². The molecule has 0 aliphatic carbocycles. The van der Waals surface area contributed by atoms with E-state index in [4.69, 9.17) is 11.6 Å². The van der Waals surface area contributed by atoms with Crippen molar-refractivity contribution in [3.63, 3.8) is 0 Å². The predicted octanol–water partition coefficient (Wildman–Crippen LogP) is 2.72. The minimum absolute atomic E-state index is 0.461. The van der Waals surface area contributed by atoms with Gasteiger partial charge in [-0.25, -0.2) is 4.98 Å². The monoisotopic (exact) mass is 237 g/mol. The van der Waals surface area contributed by atoms with Crippen LogP contribution in [-0.4, -0.2) is 15.6 Å². The molecule has 1 heterocycles. The molecule has 0 amide bonds. The molecule has 0 unspecified atom stereocenters. The maximum absolute atomic E-state index is 5.94. The first-order valence-corrected chi connectivity index (χ1v) is 5.80. The standard InChI is InChI=1S/C12H16ClN3/c1-8(2)14-7-12-15-10-6-9(13)4-5-11(10)16(12)3/h4-6,8,14H,7H2,1-3H3. The molecule has 0 bridgehead atoms. The van der Waals surface area contributed by atoms with Crippen molar-refractivity contribution in [1.29, 1.82) is 0 Å². The molecule has 3 nitrogen and oxygen atoms in total. The zero-order valence-corrected chi connectivity index (χ0v) is 10.5. The number of hydrogen-bond acceptors (Lipinski definition) is 2. The van der Waals surface area contributed by atoms with Crippen molar-refractivity contribution in [2.45, 2.75) is 26.4 Å². The van der Waals surface area contributed by atoms with Gasteiger partial charge in [-0.3, -0.25) is 0 Å². The van der Waals surface area contributed by atoms with Crippen molar-refractivity contribution in [3.8, 4) is 0 Å². The highest BCUT2D eigenvalue weighted by atomic mass is 35.5. The summed E-state index contributed by atoms with van der Waals surface area (Å²) in [5.41, 5.74) is 2.07. The minimum Gasteiger partial charge on any atom is -0.330 e. The zero-order chi connectivity index (χ0) is 11.7. The number of halogens is 1. The Bertz CT molecular complexity index is 502. The van der Waals surface area contributed by atoms with Gasteiger partial charge >= 0.3 is 0 Å². The first-order valence-electron chi connectivity index (χ1n) is 5.42. The average Bonchev–Trinajstić information content (AvgIpc) is 2.52. The maximum atomic E-state index is 5.94. The molecule has 0 saturated carbocycles. The molecule has 1 aromatic carbocycles. The Morgan fingerprint density at radius 3 is 2.88 bits per heavy atom. The highest BCUT2D eigenvalue weighted by Crippen LogP contribution is 2.19. The molecule has 0 spiro atoms. The van der Waals surface area contributed by atoms with Crippen LogP contribution in [0.5, 0.6) is 0 Å². The van der Waals surface area contributed by atoms with Gasteiger partial charge in [0.15, 0.2) is 0 Å².